The molecule has 2 amide bonds. The molecule has 2 unspecified atom stereocenters. The quantitative estimate of drug-likeness (QED) is 0.174. The van der Waals surface area contributed by atoms with Crippen molar-refractivity contribution in [2.75, 3.05) is 0 Å². The third-order valence-electron chi connectivity index (χ3n) is 9.15. The Hall–Kier alpha value is -5.14. The summed E-state index contributed by atoms with van der Waals surface area (Å²) in [4.78, 5) is 34.0. The van der Waals surface area contributed by atoms with Gasteiger partial charge in [0.25, 0.3) is 18.3 Å². The van der Waals surface area contributed by atoms with Gasteiger partial charge in [0.05, 0.1) is 22.8 Å². The molecule has 2 aromatic carbocycles. The second kappa shape index (κ2) is 10.4. The van der Waals surface area contributed by atoms with E-state index < -0.39 is 65.7 Å². The van der Waals surface area contributed by atoms with Crippen molar-refractivity contribution in [1.82, 2.24) is 30.4 Å². The van der Waals surface area contributed by atoms with Gasteiger partial charge in [0.2, 0.25) is 5.91 Å². The zero-order valence-corrected chi connectivity index (χ0v) is 24.3. The van der Waals surface area contributed by atoms with Crippen molar-refractivity contribution in [2.24, 2.45) is 5.92 Å². The van der Waals surface area contributed by atoms with Crippen LogP contribution < -0.4 is 10.6 Å². The van der Waals surface area contributed by atoms with Gasteiger partial charge < -0.3 is 15.6 Å². The minimum atomic E-state index is -3.42. The molecule has 3 aliphatic rings. The maximum atomic E-state index is 15.2. The first-order valence-corrected chi connectivity index (χ1v) is 14.9. The number of fused-ring (bicyclic) bond motifs is 5. The number of carbonyl (C=O) groups excluding carboxylic acids is 2. The summed E-state index contributed by atoms with van der Waals surface area (Å²) in [5.74, 6) is -8.08. The van der Waals surface area contributed by atoms with Crippen molar-refractivity contribution in [3.63, 3.8) is 0 Å². The SMILES string of the molecule is O=C(Cn1nc(C(F)F)c2c1C(F)(F)[C@@H]1CC21)NC(Cc1cc(F)cc(F)c1)c1nc2cc[nH]c2cc1-c1ccc2c(c1)C(=O)NC2. The number of amides is 2. The van der Waals surface area contributed by atoms with Gasteiger partial charge in [-0.2, -0.15) is 13.9 Å². The van der Waals surface area contributed by atoms with E-state index in [0.717, 1.165) is 17.7 Å². The Labute approximate surface area is 262 Å². The number of aromatic nitrogens is 4. The molecule has 4 heterocycles. The molecule has 2 aliphatic carbocycles. The summed E-state index contributed by atoms with van der Waals surface area (Å²) in [6.45, 7) is -0.442. The number of rotatable bonds is 8. The molecule has 3 atom stereocenters. The molecule has 14 heteroatoms. The van der Waals surface area contributed by atoms with Crippen LogP contribution in [0.3, 0.4) is 0 Å². The monoisotopic (exact) mass is 650 g/mol. The standard InChI is InChI=1S/C33H24F6N6O2/c34-17-5-14(6-18(35)9-17)7-25(42-26(46)13-45-30-27(29(44-45)31(36)37)21-10-22(21)33(30,38)39)28-19(11-24-23(43-28)3-4-40-24)15-1-2-16-12-41-32(47)20(16)8-15/h1-6,8-9,11,21-22,25,31,40H,7,10,12-13H2,(H,41,47)(H,42,46)/t21?,22-,25?/m1/s1. The summed E-state index contributed by atoms with van der Waals surface area (Å²) in [7, 11) is 0. The number of aromatic amines is 1. The normalized spacial score (nSPS) is 19.4. The third-order valence-corrected chi connectivity index (χ3v) is 9.15. The second-order valence-corrected chi connectivity index (χ2v) is 12.2. The van der Waals surface area contributed by atoms with Gasteiger partial charge in [0.15, 0.2) is 0 Å². The number of H-pyrrole nitrogens is 1. The Morgan fingerprint density at radius 3 is 2.60 bits per heavy atom. The predicted molar refractivity (Wildman–Crippen MR) is 156 cm³/mol. The van der Waals surface area contributed by atoms with Crippen LogP contribution in [0.15, 0.2) is 54.7 Å². The average Bonchev–Trinajstić information content (AvgIpc) is 3.25. The lowest BCUT2D eigenvalue weighted by atomic mass is 9.93. The van der Waals surface area contributed by atoms with Gasteiger partial charge in [-0.05, 0) is 65.8 Å². The lowest BCUT2D eigenvalue weighted by Crippen LogP contribution is -2.35. The summed E-state index contributed by atoms with van der Waals surface area (Å²) in [5, 5.41) is 9.25. The molecule has 1 aliphatic heterocycles. The lowest BCUT2D eigenvalue weighted by molar-refractivity contribution is -0.123. The Bertz CT molecular complexity index is 2100. The summed E-state index contributed by atoms with van der Waals surface area (Å²) in [6, 6.07) is 10.5. The number of pyridine rings is 1. The van der Waals surface area contributed by atoms with Crippen LogP contribution in [0.2, 0.25) is 0 Å². The zero-order chi connectivity index (χ0) is 32.8. The van der Waals surface area contributed by atoms with E-state index in [0.29, 0.717) is 45.0 Å². The van der Waals surface area contributed by atoms with Gasteiger partial charge in [-0.25, -0.2) is 22.5 Å². The summed E-state index contributed by atoms with van der Waals surface area (Å²) in [5.41, 5.74) is 2.20. The molecule has 1 fully saturated rings. The Morgan fingerprint density at radius 1 is 1.04 bits per heavy atom. The fourth-order valence-electron chi connectivity index (χ4n) is 7.01. The number of carbonyl (C=O) groups is 2. The average molecular weight is 651 g/mol. The lowest BCUT2D eigenvalue weighted by Gasteiger charge is -2.23. The molecule has 8 nitrogen and oxygen atoms in total. The topological polar surface area (TPSA) is 105 Å². The molecular weight excluding hydrogens is 626 g/mol. The van der Waals surface area contributed by atoms with Crippen molar-refractivity contribution in [1.29, 1.82) is 0 Å². The smallest absolute Gasteiger partial charge is 0.293 e. The highest BCUT2D eigenvalue weighted by atomic mass is 19.3. The molecule has 0 radical (unpaired) electrons. The molecule has 47 heavy (non-hydrogen) atoms. The van der Waals surface area contributed by atoms with Gasteiger partial charge >= 0.3 is 0 Å². The van der Waals surface area contributed by atoms with Crippen LogP contribution in [-0.4, -0.2) is 31.6 Å². The Kier molecular flexibility index (Phi) is 6.50. The number of nitrogens with zero attached hydrogens (tertiary/aromatic N) is 3. The first-order valence-electron chi connectivity index (χ1n) is 14.9. The van der Waals surface area contributed by atoms with Crippen LogP contribution in [0.4, 0.5) is 26.3 Å². The maximum Gasteiger partial charge on any atom is 0.293 e. The van der Waals surface area contributed by atoms with E-state index in [-0.39, 0.29) is 35.6 Å². The highest BCUT2D eigenvalue weighted by molar-refractivity contribution is 5.99. The van der Waals surface area contributed by atoms with E-state index in [9.17, 15) is 27.2 Å². The van der Waals surface area contributed by atoms with E-state index in [1.807, 2.05) is 0 Å². The number of nitrogens with one attached hydrogen (secondary N) is 3. The number of hydrogen-bond donors (Lipinski definition) is 3. The molecule has 8 rings (SSSR count). The molecule has 0 spiro atoms. The molecule has 0 saturated heterocycles. The Balaban J connectivity index is 1.21. The van der Waals surface area contributed by atoms with E-state index in [4.69, 9.17) is 4.98 Å². The van der Waals surface area contributed by atoms with Crippen LogP contribution in [0, 0.1) is 17.6 Å². The second-order valence-electron chi connectivity index (χ2n) is 12.2. The van der Waals surface area contributed by atoms with E-state index >= 15 is 8.78 Å². The van der Waals surface area contributed by atoms with E-state index in [1.165, 1.54) is 0 Å². The molecule has 0 bridgehead atoms. The summed E-state index contributed by atoms with van der Waals surface area (Å²) < 4.78 is 87.3. The van der Waals surface area contributed by atoms with Crippen LogP contribution in [-0.2, 0) is 30.2 Å². The number of alkyl halides is 4. The third kappa shape index (κ3) is 4.84. The number of hydrogen-bond acceptors (Lipinski definition) is 4. The van der Waals surface area contributed by atoms with Gasteiger partial charge in [0.1, 0.15) is 29.6 Å². The molecule has 3 N–H and O–H groups in total. The van der Waals surface area contributed by atoms with Crippen LogP contribution in [0.5, 0.6) is 0 Å². The largest absolute Gasteiger partial charge is 0.360 e. The van der Waals surface area contributed by atoms with Crippen molar-refractivity contribution in [3.05, 3.63) is 106 Å². The van der Waals surface area contributed by atoms with Crippen LogP contribution >= 0.6 is 0 Å². The minimum absolute atomic E-state index is 0.0737. The number of halogens is 6. The molecule has 3 aromatic heterocycles. The molecule has 5 aromatic rings. The maximum absolute atomic E-state index is 15.2. The molecular formula is C33H24F6N6O2. The van der Waals surface area contributed by atoms with Crippen molar-refractivity contribution in [3.8, 4) is 11.1 Å². The summed E-state index contributed by atoms with van der Waals surface area (Å²) in [6.07, 6.45) is -1.56. The highest BCUT2D eigenvalue weighted by Crippen LogP contribution is 2.68. The number of benzene rings is 2. The fourth-order valence-corrected chi connectivity index (χ4v) is 7.01. The highest BCUT2D eigenvalue weighted by Gasteiger charge is 2.67. The van der Waals surface area contributed by atoms with Gasteiger partial charge in [-0.15, -0.1) is 0 Å². The van der Waals surface area contributed by atoms with Crippen molar-refractivity contribution >= 4 is 22.8 Å². The van der Waals surface area contributed by atoms with Gasteiger partial charge in [0, 0.05) is 41.4 Å². The summed E-state index contributed by atoms with van der Waals surface area (Å²) >= 11 is 0. The first kappa shape index (κ1) is 29.3. The predicted octanol–water partition coefficient (Wildman–Crippen LogP) is 6.19. The van der Waals surface area contributed by atoms with Crippen molar-refractivity contribution in [2.45, 2.75) is 50.2 Å². The minimum Gasteiger partial charge on any atom is -0.360 e. The van der Waals surface area contributed by atoms with E-state index in [2.05, 4.69) is 20.7 Å². The Morgan fingerprint density at radius 2 is 1.83 bits per heavy atom. The fraction of sp³-hybridized carbons (Fsp3) is 0.273. The van der Waals surface area contributed by atoms with Crippen LogP contribution in [0.1, 0.15) is 68.9 Å². The van der Waals surface area contributed by atoms with Gasteiger partial charge in [-0.1, -0.05) is 12.1 Å². The van der Waals surface area contributed by atoms with E-state index in [1.54, 1.807) is 36.5 Å². The molecule has 240 valence electrons. The van der Waals surface area contributed by atoms with Crippen LogP contribution in [0.25, 0.3) is 22.2 Å². The van der Waals surface area contributed by atoms with Crippen molar-refractivity contribution < 1.29 is 35.9 Å². The first-order chi connectivity index (χ1) is 22.5. The van der Waals surface area contributed by atoms with Gasteiger partial charge in [-0.3, -0.25) is 14.3 Å². The zero-order valence-electron chi connectivity index (χ0n) is 24.3. The molecule has 1 saturated carbocycles.